The molecule has 1 N–H and O–H groups in total. The lowest BCUT2D eigenvalue weighted by atomic mass is 10.0. The number of rotatable bonds is 5. The van der Waals surface area contributed by atoms with E-state index in [-0.39, 0.29) is 23.8 Å². The van der Waals surface area contributed by atoms with Gasteiger partial charge in [0.2, 0.25) is 5.91 Å². The number of carbonyl (C=O) groups is 1. The summed E-state index contributed by atoms with van der Waals surface area (Å²) in [6, 6.07) is 6.94. The molecule has 0 aliphatic heterocycles. The maximum Gasteiger partial charge on any atom is 0.332 e. The third-order valence-electron chi connectivity index (χ3n) is 4.52. The normalized spacial score (nSPS) is 12.3. The van der Waals surface area contributed by atoms with Gasteiger partial charge < -0.3 is 9.88 Å². The Hall–Kier alpha value is -2.87. The number of nitrogens with zero attached hydrogens (tertiary/aromatic N) is 4. The van der Waals surface area contributed by atoms with Gasteiger partial charge in [-0.3, -0.25) is 14.2 Å². The largest absolute Gasteiger partial charge is 0.348 e. The van der Waals surface area contributed by atoms with E-state index in [0.29, 0.717) is 11.4 Å². The molecule has 1 aromatic carbocycles. The van der Waals surface area contributed by atoms with Gasteiger partial charge in [0.05, 0.1) is 12.4 Å². The summed E-state index contributed by atoms with van der Waals surface area (Å²) in [6.07, 6.45) is 2.12. The van der Waals surface area contributed by atoms with Crippen LogP contribution >= 0.6 is 11.6 Å². The molecule has 2 heterocycles. The SMILES string of the molecule is CC[C@@H](NC(=O)Cn1c(=O)c2c(ncn2C)n(C)c1=O)c1ccc(Cl)cc1. The topological polar surface area (TPSA) is 90.9 Å². The lowest BCUT2D eigenvalue weighted by molar-refractivity contribution is -0.122. The molecule has 27 heavy (non-hydrogen) atoms. The molecule has 0 spiro atoms. The molecule has 8 nitrogen and oxygen atoms in total. The van der Waals surface area contributed by atoms with E-state index in [2.05, 4.69) is 10.3 Å². The first-order valence-corrected chi connectivity index (χ1v) is 8.87. The Balaban J connectivity index is 1.89. The minimum absolute atomic E-state index is 0.241. The van der Waals surface area contributed by atoms with Gasteiger partial charge in [0, 0.05) is 19.1 Å². The summed E-state index contributed by atoms with van der Waals surface area (Å²) in [5.74, 6) is -0.419. The third-order valence-corrected chi connectivity index (χ3v) is 4.77. The van der Waals surface area contributed by atoms with Crippen LogP contribution in [0, 0.1) is 0 Å². The molecule has 1 atom stereocenters. The third kappa shape index (κ3) is 3.52. The smallest absolute Gasteiger partial charge is 0.332 e. The molecule has 0 saturated carbocycles. The van der Waals surface area contributed by atoms with E-state index in [9.17, 15) is 14.4 Å². The number of hydrogen-bond donors (Lipinski definition) is 1. The van der Waals surface area contributed by atoms with Crippen molar-refractivity contribution in [1.82, 2.24) is 24.0 Å². The number of amides is 1. The van der Waals surface area contributed by atoms with Crippen LogP contribution < -0.4 is 16.6 Å². The maximum atomic E-state index is 12.7. The van der Waals surface area contributed by atoms with Crippen LogP contribution in [0.4, 0.5) is 0 Å². The number of aryl methyl sites for hydroxylation is 2. The quantitative estimate of drug-likeness (QED) is 0.713. The highest BCUT2D eigenvalue weighted by Gasteiger charge is 2.19. The lowest BCUT2D eigenvalue weighted by Gasteiger charge is -2.18. The zero-order valence-corrected chi connectivity index (χ0v) is 16.0. The molecular weight excluding hydrogens is 370 g/mol. The molecule has 0 aliphatic carbocycles. The van der Waals surface area contributed by atoms with Crippen molar-refractivity contribution in [2.45, 2.75) is 25.9 Å². The van der Waals surface area contributed by atoms with Crippen LogP contribution in [-0.2, 0) is 25.4 Å². The van der Waals surface area contributed by atoms with Crippen molar-refractivity contribution in [2.24, 2.45) is 14.1 Å². The predicted molar refractivity (Wildman–Crippen MR) is 103 cm³/mol. The molecule has 3 rings (SSSR count). The Kier molecular flexibility index (Phi) is 5.18. The Morgan fingerprint density at radius 2 is 1.89 bits per heavy atom. The van der Waals surface area contributed by atoms with E-state index >= 15 is 0 Å². The number of imidazole rings is 1. The van der Waals surface area contributed by atoms with Gasteiger partial charge in [-0.2, -0.15) is 0 Å². The van der Waals surface area contributed by atoms with Gasteiger partial charge in [-0.15, -0.1) is 0 Å². The first kappa shape index (κ1) is 18.9. The first-order chi connectivity index (χ1) is 12.8. The second-order valence-electron chi connectivity index (χ2n) is 6.34. The summed E-state index contributed by atoms with van der Waals surface area (Å²) in [4.78, 5) is 41.8. The fourth-order valence-corrected chi connectivity index (χ4v) is 3.16. The number of hydrogen-bond acceptors (Lipinski definition) is 4. The first-order valence-electron chi connectivity index (χ1n) is 8.49. The Labute approximate surface area is 160 Å². The Bertz CT molecular complexity index is 1110. The van der Waals surface area contributed by atoms with Gasteiger partial charge in [0.25, 0.3) is 5.56 Å². The number of benzene rings is 1. The van der Waals surface area contributed by atoms with E-state index < -0.39 is 17.2 Å². The molecule has 3 aromatic rings. The minimum atomic E-state index is -0.583. The van der Waals surface area contributed by atoms with Crippen LogP contribution in [0.1, 0.15) is 24.9 Å². The van der Waals surface area contributed by atoms with Crippen molar-refractivity contribution in [3.05, 3.63) is 62.0 Å². The molecular formula is C18H20ClN5O3. The van der Waals surface area contributed by atoms with E-state index in [1.165, 1.54) is 22.5 Å². The Morgan fingerprint density at radius 1 is 1.22 bits per heavy atom. The van der Waals surface area contributed by atoms with Gasteiger partial charge in [-0.05, 0) is 24.1 Å². The highest BCUT2D eigenvalue weighted by Crippen LogP contribution is 2.19. The van der Waals surface area contributed by atoms with Crippen LogP contribution in [0.5, 0.6) is 0 Å². The zero-order chi connectivity index (χ0) is 19.7. The summed E-state index contributed by atoms with van der Waals surface area (Å²) in [5, 5.41) is 3.48. The van der Waals surface area contributed by atoms with Crippen LogP contribution in [0.3, 0.4) is 0 Å². The molecule has 2 aromatic heterocycles. The van der Waals surface area contributed by atoms with E-state index in [1.807, 2.05) is 19.1 Å². The summed E-state index contributed by atoms with van der Waals surface area (Å²) in [7, 11) is 3.19. The minimum Gasteiger partial charge on any atom is -0.348 e. The summed E-state index contributed by atoms with van der Waals surface area (Å²) in [5.41, 5.74) is 0.340. The molecule has 0 saturated heterocycles. The molecule has 9 heteroatoms. The average Bonchev–Trinajstić information content (AvgIpc) is 3.04. The maximum absolute atomic E-state index is 12.7. The number of nitrogens with one attached hydrogen (secondary N) is 1. The molecule has 0 radical (unpaired) electrons. The van der Waals surface area contributed by atoms with E-state index in [0.717, 1.165) is 10.1 Å². The number of halogens is 1. The molecule has 0 bridgehead atoms. The monoisotopic (exact) mass is 389 g/mol. The van der Waals surface area contributed by atoms with Crippen molar-refractivity contribution in [1.29, 1.82) is 0 Å². The number of fused-ring (bicyclic) bond motifs is 1. The Morgan fingerprint density at radius 3 is 2.52 bits per heavy atom. The number of aromatic nitrogens is 4. The molecule has 1 amide bonds. The molecule has 0 fully saturated rings. The molecule has 0 unspecified atom stereocenters. The molecule has 0 aliphatic rings. The van der Waals surface area contributed by atoms with Gasteiger partial charge in [0.1, 0.15) is 6.54 Å². The standard InChI is InChI=1S/C18H20ClN5O3/c1-4-13(11-5-7-12(19)8-6-11)21-14(25)9-24-17(26)15-16(20-10-22(15)2)23(3)18(24)27/h5-8,10,13H,4,9H2,1-3H3,(H,21,25)/t13-/m1/s1. The van der Waals surface area contributed by atoms with Gasteiger partial charge in [-0.1, -0.05) is 30.7 Å². The predicted octanol–water partition coefficient (Wildman–Crippen LogP) is 1.35. The van der Waals surface area contributed by atoms with E-state index in [1.54, 1.807) is 19.2 Å². The summed E-state index contributed by atoms with van der Waals surface area (Å²) < 4.78 is 3.72. The highest BCUT2D eigenvalue weighted by atomic mass is 35.5. The summed E-state index contributed by atoms with van der Waals surface area (Å²) in [6.45, 7) is 1.57. The van der Waals surface area contributed by atoms with Gasteiger partial charge >= 0.3 is 5.69 Å². The number of carbonyl (C=O) groups excluding carboxylic acids is 1. The van der Waals surface area contributed by atoms with E-state index in [4.69, 9.17) is 11.6 Å². The lowest BCUT2D eigenvalue weighted by Crippen LogP contribution is -2.44. The highest BCUT2D eigenvalue weighted by molar-refractivity contribution is 6.30. The molecule has 142 valence electrons. The van der Waals surface area contributed by atoms with Crippen molar-refractivity contribution in [3.8, 4) is 0 Å². The van der Waals surface area contributed by atoms with Gasteiger partial charge in [-0.25, -0.2) is 14.3 Å². The van der Waals surface area contributed by atoms with Crippen molar-refractivity contribution in [2.75, 3.05) is 0 Å². The summed E-state index contributed by atoms with van der Waals surface area (Å²) >= 11 is 5.90. The van der Waals surface area contributed by atoms with Crippen molar-refractivity contribution >= 4 is 28.7 Å². The fraction of sp³-hybridized carbons (Fsp3) is 0.333. The van der Waals surface area contributed by atoms with Crippen LogP contribution in [0.15, 0.2) is 40.2 Å². The van der Waals surface area contributed by atoms with Crippen molar-refractivity contribution < 1.29 is 4.79 Å². The van der Waals surface area contributed by atoms with Crippen LogP contribution in [-0.4, -0.2) is 24.6 Å². The average molecular weight is 390 g/mol. The van der Waals surface area contributed by atoms with Crippen LogP contribution in [0.2, 0.25) is 5.02 Å². The van der Waals surface area contributed by atoms with Crippen molar-refractivity contribution in [3.63, 3.8) is 0 Å². The van der Waals surface area contributed by atoms with Crippen LogP contribution in [0.25, 0.3) is 11.2 Å². The fourth-order valence-electron chi connectivity index (χ4n) is 3.04. The zero-order valence-electron chi connectivity index (χ0n) is 15.3. The second kappa shape index (κ2) is 7.40. The second-order valence-corrected chi connectivity index (χ2v) is 6.78. The van der Waals surface area contributed by atoms with Gasteiger partial charge in [0.15, 0.2) is 11.2 Å².